The van der Waals surface area contributed by atoms with Crippen LogP contribution in [0.4, 0.5) is 0 Å². The molecule has 16 heavy (non-hydrogen) atoms. The highest BCUT2D eigenvalue weighted by Crippen LogP contribution is 2.25. The topological polar surface area (TPSA) is 23.6 Å². The van der Waals surface area contributed by atoms with E-state index in [2.05, 4.69) is 38.0 Å². The minimum Gasteiger partial charge on any atom is -0.309 e. The Morgan fingerprint density at radius 3 is 1.62 bits per heavy atom. The normalized spacial score (nSPS) is 27.5. The summed E-state index contributed by atoms with van der Waals surface area (Å²) in [5.41, 5.74) is 0. The summed E-state index contributed by atoms with van der Waals surface area (Å²) in [5.74, 6) is 1.03. The summed E-state index contributed by atoms with van der Waals surface area (Å²) in [6, 6.07) is 0. The first-order valence-corrected chi connectivity index (χ1v) is 6.34. The van der Waals surface area contributed by atoms with Crippen LogP contribution in [0.1, 0.15) is 25.7 Å². The first kappa shape index (κ1) is 13.7. The Hall–Kier alpha value is -0.410. The molecule has 0 saturated heterocycles. The van der Waals surface area contributed by atoms with Crippen molar-refractivity contribution >= 4 is 5.78 Å². The molecule has 0 spiro atoms. The van der Waals surface area contributed by atoms with Crippen LogP contribution in [0.5, 0.6) is 0 Å². The van der Waals surface area contributed by atoms with Crippen LogP contribution in [0.25, 0.3) is 0 Å². The molecule has 1 aliphatic rings. The number of hydrogen-bond donors (Lipinski definition) is 0. The number of Topliss-reactive ketones (excluding diaryl/α,β-unsaturated/α-hetero) is 1. The molecule has 0 bridgehead atoms. The number of ketones is 1. The molecule has 3 heteroatoms. The number of carbonyl (C=O) groups excluding carboxylic acids is 1. The molecule has 0 radical (unpaired) electrons. The Balaban J connectivity index is 2.61. The van der Waals surface area contributed by atoms with Gasteiger partial charge in [0.15, 0.2) is 0 Å². The average Bonchev–Trinajstić information content (AvgIpc) is 2.31. The average molecular weight is 226 g/mol. The van der Waals surface area contributed by atoms with Gasteiger partial charge in [-0.25, -0.2) is 0 Å². The fraction of sp³-hybridized carbons (Fsp3) is 0.923. The zero-order chi connectivity index (χ0) is 12.1. The standard InChI is InChI=1S/C13H26N2O/c1-14(2)9-11-7-5-6-8-12(13(11)16)10-15(3)4/h11-12H,5-10H2,1-4H3. The summed E-state index contributed by atoms with van der Waals surface area (Å²) >= 11 is 0. The monoisotopic (exact) mass is 226 g/mol. The second-order valence-electron chi connectivity index (χ2n) is 5.61. The highest BCUT2D eigenvalue weighted by molar-refractivity contribution is 5.84. The molecule has 2 atom stereocenters. The lowest BCUT2D eigenvalue weighted by molar-refractivity contribution is -0.127. The van der Waals surface area contributed by atoms with Crippen molar-refractivity contribution in [2.75, 3.05) is 41.3 Å². The molecule has 0 N–H and O–H groups in total. The third kappa shape index (κ3) is 4.22. The lowest BCUT2D eigenvalue weighted by atomic mass is 9.91. The van der Waals surface area contributed by atoms with Crippen LogP contribution in [0, 0.1) is 11.8 Å². The van der Waals surface area contributed by atoms with Gasteiger partial charge in [0.25, 0.3) is 0 Å². The van der Waals surface area contributed by atoms with E-state index in [9.17, 15) is 4.79 Å². The lowest BCUT2D eigenvalue weighted by Crippen LogP contribution is -2.35. The van der Waals surface area contributed by atoms with Gasteiger partial charge in [0, 0.05) is 24.9 Å². The Bertz CT molecular complexity index is 204. The van der Waals surface area contributed by atoms with Crippen LogP contribution in [-0.4, -0.2) is 56.9 Å². The predicted molar refractivity (Wildman–Crippen MR) is 67.6 cm³/mol. The van der Waals surface area contributed by atoms with E-state index < -0.39 is 0 Å². The molecule has 0 heterocycles. The smallest absolute Gasteiger partial charge is 0.141 e. The van der Waals surface area contributed by atoms with Crippen molar-refractivity contribution in [3.8, 4) is 0 Å². The summed E-state index contributed by atoms with van der Waals surface area (Å²) in [4.78, 5) is 16.6. The van der Waals surface area contributed by atoms with Gasteiger partial charge < -0.3 is 9.80 Å². The summed E-state index contributed by atoms with van der Waals surface area (Å²) in [6.07, 6.45) is 4.60. The molecule has 1 saturated carbocycles. The number of carbonyl (C=O) groups is 1. The summed E-state index contributed by atoms with van der Waals surface area (Å²) in [5, 5.41) is 0. The molecule has 0 aromatic heterocycles. The van der Waals surface area contributed by atoms with Gasteiger partial charge in [-0.2, -0.15) is 0 Å². The van der Waals surface area contributed by atoms with Crippen molar-refractivity contribution in [3.05, 3.63) is 0 Å². The molecule has 94 valence electrons. The Morgan fingerprint density at radius 1 is 0.938 bits per heavy atom. The second-order valence-corrected chi connectivity index (χ2v) is 5.61. The Labute approximate surface area is 99.8 Å². The maximum atomic E-state index is 12.4. The van der Waals surface area contributed by atoms with Crippen LogP contribution in [0.15, 0.2) is 0 Å². The van der Waals surface area contributed by atoms with Crippen LogP contribution in [-0.2, 0) is 4.79 Å². The number of rotatable bonds is 4. The molecule has 0 amide bonds. The molecule has 2 unspecified atom stereocenters. The molecule has 3 nitrogen and oxygen atoms in total. The van der Waals surface area contributed by atoms with Crippen LogP contribution < -0.4 is 0 Å². The summed E-state index contributed by atoms with van der Waals surface area (Å²) in [7, 11) is 8.22. The van der Waals surface area contributed by atoms with Gasteiger partial charge in [0.1, 0.15) is 5.78 Å². The molecular weight excluding hydrogens is 200 g/mol. The fourth-order valence-electron chi connectivity index (χ4n) is 2.64. The zero-order valence-corrected chi connectivity index (χ0v) is 11.2. The first-order chi connectivity index (χ1) is 7.50. The quantitative estimate of drug-likeness (QED) is 0.679. The van der Waals surface area contributed by atoms with E-state index in [1.54, 1.807) is 0 Å². The van der Waals surface area contributed by atoms with Gasteiger partial charge in [-0.05, 0) is 41.0 Å². The maximum absolute atomic E-state index is 12.4. The predicted octanol–water partition coefficient (Wildman–Crippen LogP) is 1.49. The van der Waals surface area contributed by atoms with Crippen LogP contribution in [0.2, 0.25) is 0 Å². The Morgan fingerprint density at radius 2 is 1.31 bits per heavy atom. The maximum Gasteiger partial charge on any atom is 0.141 e. The summed E-state index contributed by atoms with van der Waals surface area (Å²) in [6.45, 7) is 1.84. The van der Waals surface area contributed by atoms with E-state index in [1.807, 2.05) is 0 Å². The highest BCUT2D eigenvalue weighted by atomic mass is 16.1. The fourth-order valence-corrected chi connectivity index (χ4v) is 2.64. The van der Waals surface area contributed by atoms with Gasteiger partial charge in [-0.1, -0.05) is 12.8 Å². The molecule has 1 rings (SSSR count). The van der Waals surface area contributed by atoms with Crippen molar-refractivity contribution in [3.63, 3.8) is 0 Å². The van der Waals surface area contributed by atoms with Crippen LogP contribution >= 0.6 is 0 Å². The van der Waals surface area contributed by atoms with E-state index in [4.69, 9.17) is 0 Å². The second kappa shape index (κ2) is 6.36. The first-order valence-electron chi connectivity index (χ1n) is 6.34. The van der Waals surface area contributed by atoms with Crippen molar-refractivity contribution in [2.24, 2.45) is 11.8 Å². The number of hydrogen-bond acceptors (Lipinski definition) is 3. The largest absolute Gasteiger partial charge is 0.309 e. The lowest BCUT2D eigenvalue weighted by Gasteiger charge is -2.23. The minimum atomic E-state index is 0.266. The van der Waals surface area contributed by atoms with Crippen molar-refractivity contribution in [1.29, 1.82) is 0 Å². The third-order valence-electron chi connectivity index (χ3n) is 3.33. The summed E-state index contributed by atoms with van der Waals surface area (Å²) < 4.78 is 0. The van der Waals surface area contributed by atoms with Crippen molar-refractivity contribution < 1.29 is 4.79 Å². The van der Waals surface area contributed by atoms with Gasteiger partial charge in [0.2, 0.25) is 0 Å². The zero-order valence-electron chi connectivity index (χ0n) is 11.2. The van der Waals surface area contributed by atoms with Gasteiger partial charge in [0.05, 0.1) is 0 Å². The van der Waals surface area contributed by atoms with Crippen molar-refractivity contribution in [1.82, 2.24) is 9.80 Å². The molecule has 0 aromatic carbocycles. The Kier molecular flexibility index (Phi) is 5.42. The van der Waals surface area contributed by atoms with E-state index in [0.717, 1.165) is 25.9 Å². The van der Waals surface area contributed by atoms with E-state index in [-0.39, 0.29) is 11.8 Å². The van der Waals surface area contributed by atoms with Crippen molar-refractivity contribution in [2.45, 2.75) is 25.7 Å². The molecule has 0 aliphatic heterocycles. The van der Waals surface area contributed by atoms with Gasteiger partial charge in [-0.15, -0.1) is 0 Å². The molecule has 1 aliphatic carbocycles. The third-order valence-corrected chi connectivity index (χ3v) is 3.33. The molecular formula is C13H26N2O. The highest BCUT2D eigenvalue weighted by Gasteiger charge is 2.29. The van der Waals surface area contributed by atoms with E-state index in [1.165, 1.54) is 12.8 Å². The van der Waals surface area contributed by atoms with E-state index in [0.29, 0.717) is 5.78 Å². The molecule has 1 fully saturated rings. The minimum absolute atomic E-state index is 0.266. The van der Waals surface area contributed by atoms with Gasteiger partial charge >= 0.3 is 0 Å². The molecule has 0 aromatic rings. The van der Waals surface area contributed by atoms with Gasteiger partial charge in [-0.3, -0.25) is 4.79 Å². The SMILES string of the molecule is CN(C)CC1CCCCC(CN(C)C)C1=O. The van der Waals surface area contributed by atoms with Crippen LogP contribution in [0.3, 0.4) is 0 Å². The van der Waals surface area contributed by atoms with E-state index >= 15 is 0 Å². The number of nitrogens with zero attached hydrogens (tertiary/aromatic N) is 2.